The van der Waals surface area contributed by atoms with Crippen molar-refractivity contribution in [2.75, 3.05) is 0 Å². The molecule has 0 aromatic carbocycles. The van der Waals surface area contributed by atoms with E-state index in [1.54, 1.807) is 0 Å². The zero-order chi connectivity index (χ0) is 16.7. The number of hydrogen-bond donors (Lipinski definition) is 1. The van der Waals surface area contributed by atoms with E-state index in [0.29, 0.717) is 12.3 Å². The Balaban J connectivity index is 1.37. The molecule has 1 atom stereocenters. The van der Waals surface area contributed by atoms with Gasteiger partial charge >= 0.3 is 0 Å². The molecule has 2 aromatic heterocycles. The van der Waals surface area contributed by atoms with Crippen molar-refractivity contribution in [1.82, 2.24) is 25.2 Å². The van der Waals surface area contributed by atoms with Gasteiger partial charge in [0.2, 0.25) is 5.91 Å². The summed E-state index contributed by atoms with van der Waals surface area (Å²) >= 11 is 0. The molecule has 24 heavy (non-hydrogen) atoms. The lowest BCUT2D eigenvalue weighted by Gasteiger charge is -2.16. The molecule has 3 heterocycles. The van der Waals surface area contributed by atoms with Crippen molar-refractivity contribution in [3.05, 3.63) is 28.7 Å². The predicted molar refractivity (Wildman–Crippen MR) is 86.5 cm³/mol. The van der Waals surface area contributed by atoms with Gasteiger partial charge in [-0.1, -0.05) is 5.16 Å². The molecule has 4 rings (SSSR count). The number of carbonyl (C=O) groups is 1. The van der Waals surface area contributed by atoms with Gasteiger partial charge in [0.1, 0.15) is 17.4 Å². The summed E-state index contributed by atoms with van der Waals surface area (Å²) in [6.07, 6.45) is 5.51. The van der Waals surface area contributed by atoms with Crippen molar-refractivity contribution < 1.29 is 9.32 Å². The maximum absolute atomic E-state index is 12.4. The minimum atomic E-state index is 0.0366. The number of aryl methyl sites for hydroxylation is 3. The number of carbonyl (C=O) groups excluding carboxylic acids is 1. The smallest absolute Gasteiger partial charge is 0.224 e. The third-order valence-corrected chi connectivity index (χ3v) is 5.10. The lowest BCUT2D eigenvalue weighted by atomic mass is 10.1. The van der Waals surface area contributed by atoms with Crippen molar-refractivity contribution in [3.8, 4) is 0 Å². The molecular weight excluding hydrogens is 306 g/mol. The molecule has 0 bridgehead atoms. The van der Waals surface area contributed by atoms with Crippen molar-refractivity contribution >= 4 is 5.91 Å². The fourth-order valence-corrected chi connectivity index (χ4v) is 3.49. The molecule has 1 saturated carbocycles. The van der Waals surface area contributed by atoms with Crippen LogP contribution in [0.1, 0.15) is 60.3 Å². The van der Waals surface area contributed by atoms with E-state index < -0.39 is 0 Å². The molecule has 2 aliphatic rings. The number of amides is 1. The number of rotatable bonds is 4. The second kappa shape index (κ2) is 6.03. The summed E-state index contributed by atoms with van der Waals surface area (Å²) in [6, 6.07) is 0.187. The Morgan fingerprint density at radius 2 is 2.08 bits per heavy atom. The fraction of sp³-hybridized carbons (Fsp3) is 0.647. The van der Waals surface area contributed by atoms with Crippen LogP contribution in [-0.4, -0.2) is 31.9 Å². The van der Waals surface area contributed by atoms with Gasteiger partial charge in [0.05, 0.1) is 12.1 Å². The molecule has 1 N–H and O–H groups in total. The summed E-state index contributed by atoms with van der Waals surface area (Å²) in [4.78, 5) is 12.4. The van der Waals surface area contributed by atoms with Gasteiger partial charge in [0, 0.05) is 30.5 Å². The SMILES string of the molecule is Cc1noc(C)c1CC(=O)NC1CCc2nnc(C3CC3)n2CC1. The Morgan fingerprint density at radius 3 is 2.79 bits per heavy atom. The van der Waals surface area contributed by atoms with Crippen LogP contribution in [0.25, 0.3) is 0 Å². The summed E-state index contributed by atoms with van der Waals surface area (Å²) in [7, 11) is 0. The first-order valence-electron chi connectivity index (χ1n) is 8.75. The van der Waals surface area contributed by atoms with Gasteiger partial charge in [-0.3, -0.25) is 4.79 Å². The van der Waals surface area contributed by atoms with Gasteiger partial charge < -0.3 is 14.4 Å². The third kappa shape index (κ3) is 2.95. The van der Waals surface area contributed by atoms with E-state index in [1.807, 2.05) is 13.8 Å². The normalized spacial score (nSPS) is 20.5. The average molecular weight is 329 g/mol. The van der Waals surface area contributed by atoms with Crippen LogP contribution in [0.2, 0.25) is 0 Å². The van der Waals surface area contributed by atoms with Crippen LogP contribution in [-0.2, 0) is 24.2 Å². The van der Waals surface area contributed by atoms with Gasteiger partial charge in [-0.05, 0) is 39.5 Å². The Kier molecular flexibility index (Phi) is 3.86. The second-order valence-corrected chi connectivity index (χ2v) is 6.97. The van der Waals surface area contributed by atoms with Crippen LogP contribution in [0.5, 0.6) is 0 Å². The summed E-state index contributed by atoms with van der Waals surface area (Å²) in [5, 5.41) is 15.8. The Hall–Kier alpha value is -2.18. The highest BCUT2D eigenvalue weighted by molar-refractivity contribution is 5.79. The summed E-state index contributed by atoms with van der Waals surface area (Å²) in [5.74, 6) is 3.59. The molecule has 0 saturated heterocycles. The minimum absolute atomic E-state index is 0.0366. The van der Waals surface area contributed by atoms with E-state index in [0.717, 1.165) is 54.5 Å². The standard InChI is InChI=1S/C17H23N5O2/c1-10-14(11(2)24-21-10)9-16(23)18-13-5-6-15-19-20-17(12-3-4-12)22(15)8-7-13/h12-13H,3-9H2,1-2H3,(H,18,23). The minimum Gasteiger partial charge on any atom is -0.361 e. The average Bonchev–Trinajstić information content (AvgIpc) is 3.30. The van der Waals surface area contributed by atoms with E-state index in [1.165, 1.54) is 12.8 Å². The van der Waals surface area contributed by atoms with Crippen LogP contribution in [0, 0.1) is 13.8 Å². The molecule has 1 fully saturated rings. The maximum Gasteiger partial charge on any atom is 0.224 e. The molecule has 0 radical (unpaired) electrons. The van der Waals surface area contributed by atoms with Gasteiger partial charge in [-0.15, -0.1) is 10.2 Å². The van der Waals surface area contributed by atoms with Crippen molar-refractivity contribution in [1.29, 1.82) is 0 Å². The zero-order valence-electron chi connectivity index (χ0n) is 14.2. The van der Waals surface area contributed by atoms with Crippen LogP contribution in [0.4, 0.5) is 0 Å². The maximum atomic E-state index is 12.4. The van der Waals surface area contributed by atoms with Crippen LogP contribution >= 0.6 is 0 Å². The first-order chi connectivity index (χ1) is 11.6. The largest absolute Gasteiger partial charge is 0.361 e. The van der Waals surface area contributed by atoms with Gasteiger partial charge in [-0.25, -0.2) is 0 Å². The Morgan fingerprint density at radius 1 is 1.25 bits per heavy atom. The Bertz CT molecular complexity index is 740. The first kappa shape index (κ1) is 15.4. The van der Waals surface area contributed by atoms with Crippen molar-refractivity contribution in [2.45, 2.75) is 70.9 Å². The predicted octanol–water partition coefficient (Wildman–Crippen LogP) is 1.82. The highest BCUT2D eigenvalue weighted by Gasteiger charge is 2.31. The van der Waals surface area contributed by atoms with E-state index >= 15 is 0 Å². The molecule has 1 aliphatic carbocycles. The molecule has 1 amide bonds. The zero-order valence-corrected chi connectivity index (χ0v) is 14.2. The summed E-state index contributed by atoms with van der Waals surface area (Å²) < 4.78 is 7.41. The van der Waals surface area contributed by atoms with Crippen molar-refractivity contribution in [3.63, 3.8) is 0 Å². The molecule has 1 aliphatic heterocycles. The third-order valence-electron chi connectivity index (χ3n) is 5.10. The summed E-state index contributed by atoms with van der Waals surface area (Å²) in [5.41, 5.74) is 1.69. The lowest BCUT2D eigenvalue weighted by Crippen LogP contribution is -2.36. The highest BCUT2D eigenvalue weighted by atomic mass is 16.5. The van der Waals surface area contributed by atoms with Crippen LogP contribution < -0.4 is 5.32 Å². The number of nitrogens with zero attached hydrogens (tertiary/aromatic N) is 4. The van der Waals surface area contributed by atoms with E-state index in [2.05, 4.69) is 25.2 Å². The first-order valence-corrected chi connectivity index (χ1v) is 8.75. The lowest BCUT2D eigenvalue weighted by molar-refractivity contribution is -0.121. The van der Waals surface area contributed by atoms with E-state index in [-0.39, 0.29) is 11.9 Å². The van der Waals surface area contributed by atoms with Crippen molar-refractivity contribution in [2.24, 2.45) is 0 Å². The fourth-order valence-electron chi connectivity index (χ4n) is 3.49. The number of fused-ring (bicyclic) bond motifs is 1. The molecule has 7 heteroatoms. The second-order valence-electron chi connectivity index (χ2n) is 6.97. The number of aromatic nitrogens is 4. The highest BCUT2D eigenvalue weighted by Crippen LogP contribution is 2.39. The topological polar surface area (TPSA) is 85.8 Å². The monoisotopic (exact) mass is 329 g/mol. The molecule has 7 nitrogen and oxygen atoms in total. The molecule has 1 unspecified atom stereocenters. The van der Waals surface area contributed by atoms with E-state index in [4.69, 9.17) is 4.52 Å². The molecule has 2 aromatic rings. The van der Waals surface area contributed by atoms with Gasteiger partial charge in [-0.2, -0.15) is 0 Å². The number of nitrogens with one attached hydrogen (secondary N) is 1. The van der Waals surface area contributed by atoms with Crippen LogP contribution in [0.15, 0.2) is 4.52 Å². The van der Waals surface area contributed by atoms with Gasteiger partial charge in [0.15, 0.2) is 0 Å². The van der Waals surface area contributed by atoms with E-state index in [9.17, 15) is 4.79 Å². The molecule has 128 valence electrons. The molecule has 0 spiro atoms. The van der Waals surface area contributed by atoms with Gasteiger partial charge in [0.25, 0.3) is 0 Å². The molecular formula is C17H23N5O2. The number of hydrogen-bond acceptors (Lipinski definition) is 5. The Labute approximate surface area is 140 Å². The quantitative estimate of drug-likeness (QED) is 0.925. The van der Waals surface area contributed by atoms with Crippen LogP contribution in [0.3, 0.4) is 0 Å². The summed E-state index contributed by atoms with van der Waals surface area (Å²) in [6.45, 7) is 4.61.